The Balaban J connectivity index is 2.03. The number of methoxy groups -OCH3 is 1. The third kappa shape index (κ3) is 5.79. The van der Waals surface area contributed by atoms with Crippen LogP contribution < -0.4 is 5.73 Å². The Morgan fingerprint density at radius 1 is 1.12 bits per heavy atom. The van der Waals surface area contributed by atoms with Gasteiger partial charge in [-0.2, -0.15) is 0 Å². The topological polar surface area (TPSA) is 62.9 Å². The number of hydrogen-bond acceptors (Lipinski definition) is 5. The fraction of sp³-hybridized carbons (Fsp3) is 1.00. The second kappa shape index (κ2) is 8.83. The van der Waals surface area contributed by atoms with Gasteiger partial charge in [-0.1, -0.05) is 0 Å². The molecule has 0 aromatic carbocycles. The second-order valence-electron chi connectivity index (χ2n) is 4.31. The predicted octanol–water partition coefficient (Wildman–Crippen LogP) is 0.564. The van der Waals surface area contributed by atoms with Crippen molar-refractivity contribution in [1.82, 2.24) is 0 Å². The van der Waals surface area contributed by atoms with Crippen molar-refractivity contribution in [3.8, 4) is 0 Å². The van der Waals surface area contributed by atoms with Crippen molar-refractivity contribution in [2.45, 2.75) is 24.9 Å². The summed E-state index contributed by atoms with van der Waals surface area (Å²) in [5.74, 6) is 0. The van der Waals surface area contributed by atoms with Crippen LogP contribution in [0.5, 0.6) is 0 Å². The molecule has 0 aromatic heterocycles. The highest BCUT2D eigenvalue weighted by molar-refractivity contribution is 4.84. The molecule has 0 amide bonds. The number of rotatable bonds is 9. The van der Waals surface area contributed by atoms with Gasteiger partial charge in [-0.3, -0.25) is 0 Å². The van der Waals surface area contributed by atoms with Crippen LogP contribution in [-0.2, 0) is 18.9 Å². The van der Waals surface area contributed by atoms with E-state index >= 15 is 0 Å². The van der Waals surface area contributed by atoms with Crippen LogP contribution in [0.3, 0.4) is 0 Å². The number of hydrogen-bond donors (Lipinski definition) is 1. The van der Waals surface area contributed by atoms with E-state index < -0.39 is 0 Å². The molecule has 1 fully saturated rings. The molecule has 1 rings (SSSR count). The van der Waals surface area contributed by atoms with Gasteiger partial charge in [0.2, 0.25) is 0 Å². The first-order chi connectivity index (χ1) is 8.33. The first-order valence-electron chi connectivity index (χ1n) is 6.31. The van der Waals surface area contributed by atoms with E-state index in [0.717, 1.165) is 45.7 Å². The molecule has 2 N–H and O–H groups in total. The van der Waals surface area contributed by atoms with E-state index in [4.69, 9.17) is 24.7 Å². The smallest absolute Gasteiger partial charge is 0.0849 e. The van der Waals surface area contributed by atoms with Gasteiger partial charge in [-0.05, 0) is 6.42 Å². The first kappa shape index (κ1) is 14.9. The molecule has 0 saturated carbocycles. The molecule has 0 atom stereocenters. The third-order valence-electron chi connectivity index (χ3n) is 3.05. The fourth-order valence-corrected chi connectivity index (χ4v) is 1.88. The third-order valence-corrected chi connectivity index (χ3v) is 3.05. The zero-order chi connectivity index (χ0) is 12.4. The van der Waals surface area contributed by atoms with Crippen LogP contribution in [0.4, 0.5) is 0 Å². The molecule has 0 spiro atoms. The lowest BCUT2D eigenvalue weighted by Gasteiger charge is -2.36. The lowest BCUT2D eigenvalue weighted by atomic mass is 9.94. The SMILES string of the molecule is COCCCOCCOC1(CN)CCOCC1. The fourth-order valence-electron chi connectivity index (χ4n) is 1.88. The van der Waals surface area contributed by atoms with Crippen molar-refractivity contribution in [2.75, 3.05) is 53.3 Å². The zero-order valence-corrected chi connectivity index (χ0v) is 10.8. The van der Waals surface area contributed by atoms with Crippen LogP contribution in [0, 0.1) is 0 Å². The molecule has 0 radical (unpaired) electrons. The highest BCUT2D eigenvalue weighted by Gasteiger charge is 2.31. The summed E-state index contributed by atoms with van der Waals surface area (Å²) in [5.41, 5.74) is 5.59. The molecular weight excluding hydrogens is 222 g/mol. The maximum Gasteiger partial charge on any atom is 0.0849 e. The molecule has 0 bridgehead atoms. The molecule has 0 aliphatic carbocycles. The molecule has 1 heterocycles. The molecule has 102 valence electrons. The Kier molecular flexibility index (Phi) is 7.72. The molecule has 0 aromatic rings. The summed E-state index contributed by atoms with van der Waals surface area (Å²) in [7, 11) is 1.69. The Labute approximate surface area is 104 Å². The van der Waals surface area contributed by atoms with Gasteiger partial charge in [0.05, 0.1) is 18.8 Å². The van der Waals surface area contributed by atoms with Crippen LogP contribution in [0.25, 0.3) is 0 Å². The largest absolute Gasteiger partial charge is 0.385 e. The maximum absolute atomic E-state index is 5.87. The summed E-state index contributed by atoms with van der Waals surface area (Å²) in [6, 6.07) is 0. The van der Waals surface area contributed by atoms with Gasteiger partial charge in [0.1, 0.15) is 0 Å². The normalized spacial score (nSPS) is 19.4. The average molecular weight is 247 g/mol. The first-order valence-corrected chi connectivity index (χ1v) is 6.31. The van der Waals surface area contributed by atoms with E-state index in [1.54, 1.807) is 7.11 Å². The van der Waals surface area contributed by atoms with Gasteiger partial charge in [-0.25, -0.2) is 0 Å². The standard InChI is InChI=1S/C12H25NO4/c1-14-5-2-6-15-9-10-17-12(11-13)3-7-16-8-4-12/h2-11,13H2,1H3. The van der Waals surface area contributed by atoms with Crippen molar-refractivity contribution in [2.24, 2.45) is 5.73 Å². The Morgan fingerprint density at radius 2 is 1.88 bits per heavy atom. The molecule has 17 heavy (non-hydrogen) atoms. The molecule has 1 aliphatic heterocycles. The summed E-state index contributed by atoms with van der Waals surface area (Å²) in [6.07, 6.45) is 2.69. The van der Waals surface area contributed by atoms with Gasteiger partial charge >= 0.3 is 0 Å². The Bertz CT molecular complexity index is 183. The highest BCUT2D eigenvalue weighted by Crippen LogP contribution is 2.23. The van der Waals surface area contributed by atoms with E-state index in [9.17, 15) is 0 Å². The summed E-state index contributed by atoms with van der Waals surface area (Å²) < 4.78 is 21.6. The van der Waals surface area contributed by atoms with Gasteiger partial charge < -0.3 is 24.7 Å². The predicted molar refractivity (Wildman–Crippen MR) is 65.1 cm³/mol. The maximum atomic E-state index is 5.87. The lowest BCUT2D eigenvalue weighted by Crippen LogP contribution is -2.46. The van der Waals surface area contributed by atoms with Crippen molar-refractivity contribution in [3.05, 3.63) is 0 Å². The Morgan fingerprint density at radius 3 is 2.53 bits per heavy atom. The molecule has 5 nitrogen and oxygen atoms in total. The number of nitrogens with two attached hydrogens (primary N) is 1. The van der Waals surface area contributed by atoms with Crippen molar-refractivity contribution >= 4 is 0 Å². The van der Waals surface area contributed by atoms with Crippen LogP contribution in [0.1, 0.15) is 19.3 Å². The van der Waals surface area contributed by atoms with Gasteiger partial charge in [0.25, 0.3) is 0 Å². The second-order valence-corrected chi connectivity index (χ2v) is 4.31. The quantitative estimate of drug-likeness (QED) is 0.603. The highest BCUT2D eigenvalue weighted by atomic mass is 16.5. The molecule has 1 aliphatic rings. The lowest BCUT2D eigenvalue weighted by molar-refractivity contribution is -0.116. The minimum atomic E-state index is -0.186. The van der Waals surface area contributed by atoms with Crippen LogP contribution in [0.2, 0.25) is 0 Å². The summed E-state index contributed by atoms with van der Waals surface area (Å²) in [5, 5.41) is 0. The Hall–Kier alpha value is -0.200. The minimum Gasteiger partial charge on any atom is -0.385 e. The van der Waals surface area contributed by atoms with Gasteiger partial charge in [-0.15, -0.1) is 0 Å². The molecule has 0 unspecified atom stereocenters. The van der Waals surface area contributed by atoms with E-state index in [1.807, 2.05) is 0 Å². The van der Waals surface area contributed by atoms with Crippen LogP contribution in [-0.4, -0.2) is 58.9 Å². The molecule has 5 heteroatoms. The van der Waals surface area contributed by atoms with Crippen molar-refractivity contribution in [3.63, 3.8) is 0 Å². The van der Waals surface area contributed by atoms with Gasteiger partial charge in [0, 0.05) is 52.9 Å². The van der Waals surface area contributed by atoms with Crippen molar-refractivity contribution in [1.29, 1.82) is 0 Å². The zero-order valence-electron chi connectivity index (χ0n) is 10.8. The summed E-state index contributed by atoms with van der Waals surface area (Å²) >= 11 is 0. The number of ether oxygens (including phenoxy) is 4. The van der Waals surface area contributed by atoms with Gasteiger partial charge in [0.15, 0.2) is 0 Å². The van der Waals surface area contributed by atoms with E-state index in [0.29, 0.717) is 19.8 Å². The van der Waals surface area contributed by atoms with E-state index in [2.05, 4.69) is 0 Å². The van der Waals surface area contributed by atoms with E-state index in [-0.39, 0.29) is 5.60 Å². The molecule has 1 saturated heterocycles. The summed E-state index contributed by atoms with van der Waals surface area (Å²) in [4.78, 5) is 0. The van der Waals surface area contributed by atoms with Crippen molar-refractivity contribution < 1.29 is 18.9 Å². The minimum absolute atomic E-state index is 0.186. The molecular formula is C12H25NO4. The monoisotopic (exact) mass is 247 g/mol. The van der Waals surface area contributed by atoms with E-state index in [1.165, 1.54) is 0 Å². The van der Waals surface area contributed by atoms with Crippen LogP contribution in [0.15, 0.2) is 0 Å². The van der Waals surface area contributed by atoms with Crippen LogP contribution >= 0.6 is 0 Å². The average Bonchev–Trinajstić information content (AvgIpc) is 2.39. The summed E-state index contributed by atoms with van der Waals surface area (Å²) in [6.45, 7) is 4.72.